The molecule has 3 aromatic rings. The molecule has 1 heterocycles. The summed E-state index contributed by atoms with van der Waals surface area (Å²) in [7, 11) is 1.62. The van der Waals surface area contributed by atoms with E-state index in [1.54, 1.807) is 19.5 Å². The summed E-state index contributed by atoms with van der Waals surface area (Å²) < 4.78 is 12.8. The molecule has 3 rings (SSSR count). The highest BCUT2D eigenvalue weighted by atomic mass is 16.5. The van der Waals surface area contributed by atoms with E-state index in [0.717, 1.165) is 16.8 Å². The number of hydrogen-bond acceptors (Lipinski definition) is 5. The molecule has 2 aromatic carbocycles. The van der Waals surface area contributed by atoms with Gasteiger partial charge >= 0.3 is 0 Å². The zero-order chi connectivity index (χ0) is 17.6. The minimum Gasteiger partial charge on any atom is -0.493 e. The number of nitrogens with two attached hydrogens (primary N) is 1. The van der Waals surface area contributed by atoms with Gasteiger partial charge in [-0.1, -0.05) is 30.3 Å². The van der Waals surface area contributed by atoms with Crippen LogP contribution in [0.4, 0.5) is 5.95 Å². The molecule has 0 fully saturated rings. The molecule has 0 bridgehead atoms. The number of anilines is 1. The van der Waals surface area contributed by atoms with Crippen LogP contribution >= 0.6 is 0 Å². The number of aromatic nitrogens is 2. The van der Waals surface area contributed by atoms with Gasteiger partial charge in [-0.2, -0.15) is 5.10 Å². The van der Waals surface area contributed by atoms with E-state index in [1.807, 2.05) is 55.5 Å². The molecule has 0 radical (unpaired) electrons. The van der Waals surface area contributed by atoms with Gasteiger partial charge in [0.05, 0.1) is 25.2 Å². The van der Waals surface area contributed by atoms with Crippen molar-refractivity contribution < 1.29 is 9.47 Å². The molecular formula is C19H20N4O2. The summed E-state index contributed by atoms with van der Waals surface area (Å²) in [6, 6.07) is 15.6. The van der Waals surface area contributed by atoms with Crippen LogP contribution in [0.3, 0.4) is 0 Å². The van der Waals surface area contributed by atoms with E-state index in [-0.39, 0.29) is 0 Å². The van der Waals surface area contributed by atoms with Gasteiger partial charge in [0.2, 0.25) is 5.95 Å². The third kappa shape index (κ3) is 4.17. The van der Waals surface area contributed by atoms with Crippen molar-refractivity contribution >= 4 is 12.2 Å². The van der Waals surface area contributed by atoms with Crippen LogP contribution in [-0.2, 0) is 6.61 Å². The second kappa shape index (κ2) is 7.53. The Morgan fingerprint density at radius 3 is 2.64 bits per heavy atom. The highest BCUT2D eigenvalue weighted by Gasteiger charge is 2.06. The summed E-state index contributed by atoms with van der Waals surface area (Å²) >= 11 is 0. The van der Waals surface area contributed by atoms with Crippen LogP contribution in [0.15, 0.2) is 59.8 Å². The maximum atomic E-state index is 5.90. The molecule has 6 nitrogen and oxygen atoms in total. The summed E-state index contributed by atoms with van der Waals surface area (Å²) in [6.45, 7) is 2.33. The second-order valence-corrected chi connectivity index (χ2v) is 5.51. The SMILES string of the molecule is COc1ccc(C=Nn2cc(C)nc2N)cc1OCc1ccccc1. The Kier molecular flexibility index (Phi) is 4.99. The van der Waals surface area contributed by atoms with Crippen molar-refractivity contribution in [3.05, 3.63) is 71.5 Å². The summed E-state index contributed by atoms with van der Waals surface area (Å²) in [6.07, 6.45) is 3.47. The highest BCUT2D eigenvalue weighted by molar-refractivity contribution is 5.81. The number of nitrogen functional groups attached to an aromatic ring is 1. The quantitative estimate of drug-likeness (QED) is 0.701. The van der Waals surface area contributed by atoms with Crippen LogP contribution in [0.2, 0.25) is 0 Å². The van der Waals surface area contributed by atoms with E-state index in [0.29, 0.717) is 24.1 Å². The molecule has 25 heavy (non-hydrogen) atoms. The minimum absolute atomic E-state index is 0.350. The number of imidazole rings is 1. The van der Waals surface area contributed by atoms with Gasteiger partial charge in [0.15, 0.2) is 11.5 Å². The minimum atomic E-state index is 0.350. The molecule has 0 aliphatic rings. The van der Waals surface area contributed by atoms with E-state index in [9.17, 15) is 0 Å². The van der Waals surface area contributed by atoms with E-state index >= 15 is 0 Å². The Morgan fingerprint density at radius 1 is 1.16 bits per heavy atom. The van der Waals surface area contributed by atoms with Crippen LogP contribution in [-0.4, -0.2) is 23.0 Å². The fraction of sp³-hybridized carbons (Fsp3) is 0.158. The average Bonchev–Trinajstić information content (AvgIpc) is 2.96. The molecule has 0 saturated heterocycles. The van der Waals surface area contributed by atoms with Crippen molar-refractivity contribution in [3.63, 3.8) is 0 Å². The monoisotopic (exact) mass is 336 g/mol. The summed E-state index contributed by atoms with van der Waals surface area (Å²) in [5.41, 5.74) is 8.56. The third-order valence-electron chi connectivity index (χ3n) is 3.59. The summed E-state index contributed by atoms with van der Waals surface area (Å²) in [5.74, 6) is 1.68. The average molecular weight is 336 g/mol. The van der Waals surface area contributed by atoms with Crippen molar-refractivity contribution in [1.82, 2.24) is 9.66 Å². The topological polar surface area (TPSA) is 74.7 Å². The Balaban J connectivity index is 1.78. The molecule has 0 spiro atoms. The molecule has 1 aromatic heterocycles. The van der Waals surface area contributed by atoms with Gasteiger partial charge < -0.3 is 15.2 Å². The number of ether oxygens (including phenoxy) is 2. The van der Waals surface area contributed by atoms with Crippen LogP contribution in [0.25, 0.3) is 0 Å². The fourth-order valence-electron chi connectivity index (χ4n) is 2.35. The molecule has 0 unspecified atom stereocenters. The maximum absolute atomic E-state index is 5.90. The highest BCUT2D eigenvalue weighted by Crippen LogP contribution is 2.28. The fourth-order valence-corrected chi connectivity index (χ4v) is 2.35. The first-order valence-corrected chi connectivity index (χ1v) is 7.86. The molecule has 0 aliphatic heterocycles. The molecule has 0 amide bonds. The zero-order valence-corrected chi connectivity index (χ0v) is 14.2. The van der Waals surface area contributed by atoms with Gasteiger partial charge in [-0.25, -0.2) is 9.66 Å². The number of rotatable bonds is 6. The number of hydrogen-bond donors (Lipinski definition) is 1. The Morgan fingerprint density at radius 2 is 1.96 bits per heavy atom. The standard InChI is InChI=1S/C19H20N4O2/c1-14-12-23(19(20)22-14)21-11-16-8-9-17(24-2)18(10-16)25-13-15-6-4-3-5-7-15/h3-12H,13H2,1-2H3,(H2,20,22). The van der Waals surface area contributed by atoms with E-state index < -0.39 is 0 Å². The molecule has 0 atom stereocenters. The molecule has 2 N–H and O–H groups in total. The first kappa shape index (κ1) is 16.6. The number of methoxy groups -OCH3 is 1. The third-order valence-corrected chi connectivity index (χ3v) is 3.59. The van der Waals surface area contributed by atoms with E-state index in [4.69, 9.17) is 15.2 Å². The molecular weight excluding hydrogens is 316 g/mol. The second-order valence-electron chi connectivity index (χ2n) is 5.51. The largest absolute Gasteiger partial charge is 0.493 e. The van der Waals surface area contributed by atoms with Gasteiger partial charge in [-0.15, -0.1) is 0 Å². The molecule has 128 valence electrons. The Hall–Kier alpha value is -3.28. The summed E-state index contributed by atoms with van der Waals surface area (Å²) in [4.78, 5) is 4.11. The zero-order valence-electron chi connectivity index (χ0n) is 14.2. The van der Waals surface area contributed by atoms with Crippen molar-refractivity contribution in [2.45, 2.75) is 13.5 Å². The lowest BCUT2D eigenvalue weighted by molar-refractivity contribution is 0.284. The molecule has 0 saturated carbocycles. The first-order valence-electron chi connectivity index (χ1n) is 7.86. The Bertz CT molecular complexity index is 872. The van der Waals surface area contributed by atoms with Crippen LogP contribution in [0.1, 0.15) is 16.8 Å². The van der Waals surface area contributed by atoms with Crippen molar-refractivity contribution in [2.75, 3.05) is 12.8 Å². The normalized spacial score (nSPS) is 11.0. The summed E-state index contributed by atoms with van der Waals surface area (Å²) in [5, 5.41) is 4.32. The Labute approximate surface area is 146 Å². The number of benzene rings is 2. The van der Waals surface area contributed by atoms with Gasteiger partial charge in [0.25, 0.3) is 0 Å². The maximum Gasteiger partial charge on any atom is 0.221 e. The van der Waals surface area contributed by atoms with Crippen LogP contribution in [0, 0.1) is 6.92 Å². The smallest absolute Gasteiger partial charge is 0.221 e. The van der Waals surface area contributed by atoms with Gasteiger partial charge in [-0.05, 0) is 36.2 Å². The van der Waals surface area contributed by atoms with Crippen molar-refractivity contribution in [1.29, 1.82) is 0 Å². The van der Waals surface area contributed by atoms with E-state index in [1.165, 1.54) is 4.68 Å². The number of nitrogens with zero attached hydrogens (tertiary/aromatic N) is 3. The lowest BCUT2D eigenvalue weighted by Gasteiger charge is -2.11. The van der Waals surface area contributed by atoms with Crippen LogP contribution in [0.5, 0.6) is 11.5 Å². The predicted molar refractivity (Wildman–Crippen MR) is 98.1 cm³/mol. The van der Waals surface area contributed by atoms with Gasteiger partial charge in [0, 0.05) is 0 Å². The van der Waals surface area contributed by atoms with Gasteiger partial charge in [-0.3, -0.25) is 0 Å². The van der Waals surface area contributed by atoms with Crippen LogP contribution < -0.4 is 15.2 Å². The molecule has 0 aliphatic carbocycles. The predicted octanol–water partition coefficient (Wildman–Crippen LogP) is 3.24. The number of aryl methyl sites for hydroxylation is 1. The van der Waals surface area contributed by atoms with Gasteiger partial charge in [0.1, 0.15) is 6.61 Å². The van der Waals surface area contributed by atoms with Crippen molar-refractivity contribution in [3.8, 4) is 11.5 Å². The first-order chi connectivity index (χ1) is 12.2. The van der Waals surface area contributed by atoms with E-state index in [2.05, 4.69) is 10.1 Å². The lowest BCUT2D eigenvalue weighted by Crippen LogP contribution is -1.99. The lowest BCUT2D eigenvalue weighted by atomic mass is 10.2. The van der Waals surface area contributed by atoms with Crippen molar-refractivity contribution in [2.24, 2.45) is 5.10 Å². The molecule has 6 heteroatoms.